The van der Waals surface area contributed by atoms with Crippen LogP contribution in [-0.2, 0) is 4.74 Å². The van der Waals surface area contributed by atoms with Gasteiger partial charge < -0.3 is 20.3 Å². The Morgan fingerprint density at radius 3 is 2.39 bits per heavy atom. The SMILES string of the molecule is CCC(CNC(=O)OC(C)(C)C)N1C(=O)c2cccc3c(N4CCNCC4)ccc(c23)C1=O. The summed E-state index contributed by atoms with van der Waals surface area (Å²) < 4.78 is 5.30. The van der Waals surface area contributed by atoms with Crippen molar-refractivity contribution in [1.29, 1.82) is 0 Å². The molecule has 1 saturated heterocycles. The van der Waals surface area contributed by atoms with Crippen molar-refractivity contribution in [3.05, 3.63) is 41.5 Å². The van der Waals surface area contributed by atoms with Crippen LogP contribution in [0, 0.1) is 0 Å². The molecule has 2 aromatic carbocycles. The van der Waals surface area contributed by atoms with Crippen molar-refractivity contribution in [2.75, 3.05) is 37.6 Å². The van der Waals surface area contributed by atoms with Crippen molar-refractivity contribution >= 4 is 34.4 Å². The molecule has 176 valence electrons. The van der Waals surface area contributed by atoms with Gasteiger partial charge in [-0.2, -0.15) is 0 Å². The zero-order valence-corrected chi connectivity index (χ0v) is 19.7. The Bertz CT molecular complexity index is 1060. The molecule has 2 aliphatic heterocycles. The van der Waals surface area contributed by atoms with Crippen LogP contribution in [0.25, 0.3) is 10.8 Å². The predicted molar refractivity (Wildman–Crippen MR) is 128 cm³/mol. The second kappa shape index (κ2) is 9.02. The minimum Gasteiger partial charge on any atom is -0.444 e. The summed E-state index contributed by atoms with van der Waals surface area (Å²) in [5.74, 6) is -0.651. The molecule has 0 saturated carbocycles. The van der Waals surface area contributed by atoms with Gasteiger partial charge in [-0.15, -0.1) is 0 Å². The number of hydrogen-bond acceptors (Lipinski definition) is 6. The van der Waals surface area contributed by atoms with Crippen molar-refractivity contribution in [3.63, 3.8) is 0 Å². The maximum Gasteiger partial charge on any atom is 0.407 e. The Hall–Kier alpha value is -3.13. The zero-order valence-electron chi connectivity index (χ0n) is 19.7. The molecule has 0 radical (unpaired) electrons. The monoisotopic (exact) mass is 452 g/mol. The lowest BCUT2D eigenvalue weighted by molar-refractivity contribution is 0.0447. The summed E-state index contributed by atoms with van der Waals surface area (Å²) in [6.07, 6.45) is -0.0571. The molecule has 1 atom stereocenters. The van der Waals surface area contributed by atoms with E-state index in [0.29, 0.717) is 17.5 Å². The van der Waals surface area contributed by atoms with Crippen LogP contribution in [0.5, 0.6) is 0 Å². The second-order valence-electron chi connectivity index (χ2n) is 9.52. The molecule has 2 aromatic rings. The largest absolute Gasteiger partial charge is 0.444 e. The van der Waals surface area contributed by atoms with Gasteiger partial charge in [0.2, 0.25) is 0 Å². The number of rotatable bonds is 5. The second-order valence-corrected chi connectivity index (χ2v) is 9.52. The molecule has 1 unspecified atom stereocenters. The summed E-state index contributed by atoms with van der Waals surface area (Å²) in [5.41, 5.74) is 1.47. The van der Waals surface area contributed by atoms with E-state index in [4.69, 9.17) is 4.74 Å². The summed E-state index contributed by atoms with van der Waals surface area (Å²) in [6.45, 7) is 10.9. The van der Waals surface area contributed by atoms with Gasteiger partial charge in [0.15, 0.2) is 0 Å². The molecular weight excluding hydrogens is 420 g/mol. The standard InChI is InChI=1S/C25H32N4O4/c1-5-16(15-27-24(32)33-25(2,3)4)29-22(30)18-8-6-7-17-20(28-13-11-26-12-14-28)10-9-19(21(17)18)23(29)31/h6-10,16,26H,5,11-15H2,1-4H3,(H,27,32). The highest BCUT2D eigenvalue weighted by molar-refractivity contribution is 6.27. The molecule has 4 rings (SSSR count). The molecule has 3 amide bonds. The molecule has 33 heavy (non-hydrogen) atoms. The highest BCUT2D eigenvalue weighted by atomic mass is 16.6. The Morgan fingerprint density at radius 1 is 1.09 bits per heavy atom. The van der Waals surface area contributed by atoms with Crippen LogP contribution in [0.2, 0.25) is 0 Å². The summed E-state index contributed by atoms with van der Waals surface area (Å²) in [6, 6.07) is 8.98. The normalized spacial score (nSPS) is 17.3. The van der Waals surface area contributed by atoms with Gasteiger partial charge in [0.1, 0.15) is 5.60 Å². The number of piperazine rings is 1. The molecule has 1 fully saturated rings. The lowest BCUT2D eigenvalue weighted by atomic mass is 9.91. The van der Waals surface area contributed by atoms with Crippen LogP contribution in [0.4, 0.5) is 10.5 Å². The summed E-state index contributed by atoms with van der Waals surface area (Å²) in [7, 11) is 0. The van der Waals surface area contributed by atoms with E-state index in [1.807, 2.05) is 31.2 Å². The molecular formula is C25H32N4O4. The first kappa shape index (κ1) is 23.0. The number of imide groups is 1. The van der Waals surface area contributed by atoms with E-state index in [2.05, 4.69) is 15.5 Å². The van der Waals surface area contributed by atoms with Gasteiger partial charge in [-0.25, -0.2) is 4.79 Å². The van der Waals surface area contributed by atoms with E-state index in [-0.39, 0.29) is 18.4 Å². The number of carbonyl (C=O) groups is 3. The van der Waals surface area contributed by atoms with Crippen molar-refractivity contribution in [1.82, 2.24) is 15.5 Å². The van der Waals surface area contributed by atoms with Crippen molar-refractivity contribution < 1.29 is 19.1 Å². The lowest BCUT2D eigenvalue weighted by Crippen LogP contribution is -2.51. The van der Waals surface area contributed by atoms with Crippen LogP contribution in [0.3, 0.4) is 0 Å². The predicted octanol–water partition coefficient (Wildman–Crippen LogP) is 3.15. The van der Waals surface area contributed by atoms with Gasteiger partial charge >= 0.3 is 6.09 Å². The number of benzene rings is 2. The number of ether oxygens (including phenoxy) is 1. The topological polar surface area (TPSA) is 91.0 Å². The maximum atomic E-state index is 13.5. The molecule has 2 heterocycles. The Morgan fingerprint density at radius 2 is 1.76 bits per heavy atom. The Balaban J connectivity index is 1.64. The van der Waals surface area contributed by atoms with Crippen molar-refractivity contribution in [2.24, 2.45) is 0 Å². The van der Waals surface area contributed by atoms with E-state index >= 15 is 0 Å². The highest BCUT2D eigenvalue weighted by Crippen LogP contribution is 2.36. The van der Waals surface area contributed by atoms with Gasteiger partial charge in [-0.3, -0.25) is 14.5 Å². The van der Waals surface area contributed by atoms with Crippen LogP contribution in [-0.4, -0.2) is 67.2 Å². The fraction of sp³-hybridized carbons (Fsp3) is 0.480. The Labute approximate surface area is 194 Å². The van der Waals surface area contributed by atoms with Crippen LogP contribution in [0.1, 0.15) is 54.8 Å². The fourth-order valence-corrected chi connectivity index (χ4v) is 4.55. The first-order chi connectivity index (χ1) is 15.7. The average molecular weight is 453 g/mol. The number of alkyl carbamates (subject to hydrolysis) is 1. The van der Waals surface area contributed by atoms with E-state index in [1.54, 1.807) is 26.8 Å². The van der Waals surface area contributed by atoms with Gasteiger partial charge in [0, 0.05) is 60.3 Å². The van der Waals surface area contributed by atoms with Gasteiger partial charge in [0.25, 0.3) is 11.8 Å². The molecule has 8 nitrogen and oxygen atoms in total. The van der Waals surface area contributed by atoms with Crippen molar-refractivity contribution in [3.8, 4) is 0 Å². The van der Waals surface area contributed by atoms with E-state index in [1.165, 1.54) is 4.90 Å². The van der Waals surface area contributed by atoms with Gasteiger partial charge in [0.05, 0.1) is 6.04 Å². The molecule has 0 aliphatic carbocycles. The molecule has 8 heteroatoms. The van der Waals surface area contributed by atoms with E-state index < -0.39 is 17.7 Å². The first-order valence-corrected chi connectivity index (χ1v) is 11.6. The van der Waals surface area contributed by atoms with Crippen molar-refractivity contribution in [2.45, 2.75) is 45.8 Å². The highest BCUT2D eigenvalue weighted by Gasteiger charge is 2.37. The summed E-state index contributed by atoms with van der Waals surface area (Å²) in [4.78, 5) is 42.7. The number of carbonyl (C=O) groups excluding carboxylic acids is 3. The molecule has 0 bridgehead atoms. The van der Waals surface area contributed by atoms with E-state index in [9.17, 15) is 14.4 Å². The van der Waals surface area contributed by atoms with E-state index in [0.717, 1.165) is 42.6 Å². The average Bonchev–Trinajstić information content (AvgIpc) is 2.78. The maximum absolute atomic E-state index is 13.5. The number of nitrogens with zero attached hydrogens (tertiary/aromatic N) is 2. The third-order valence-electron chi connectivity index (χ3n) is 6.09. The molecule has 0 aromatic heterocycles. The number of amides is 3. The smallest absolute Gasteiger partial charge is 0.407 e. The minimum atomic E-state index is -0.626. The third kappa shape index (κ3) is 4.53. The first-order valence-electron chi connectivity index (χ1n) is 11.6. The minimum absolute atomic E-state index is 0.132. The molecule has 2 N–H and O–H groups in total. The number of nitrogens with one attached hydrogen (secondary N) is 2. The van der Waals surface area contributed by atoms with Crippen LogP contribution < -0.4 is 15.5 Å². The zero-order chi connectivity index (χ0) is 23.8. The number of anilines is 1. The Kier molecular flexibility index (Phi) is 6.30. The van der Waals surface area contributed by atoms with Crippen LogP contribution in [0.15, 0.2) is 30.3 Å². The quantitative estimate of drug-likeness (QED) is 0.678. The van der Waals surface area contributed by atoms with Crippen LogP contribution >= 0.6 is 0 Å². The summed E-state index contributed by atoms with van der Waals surface area (Å²) >= 11 is 0. The molecule has 0 spiro atoms. The van der Waals surface area contributed by atoms with Gasteiger partial charge in [-0.05, 0) is 45.4 Å². The van der Waals surface area contributed by atoms with Gasteiger partial charge in [-0.1, -0.05) is 19.1 Å². The summed E-state index contributed by atoms with van der Waals surface area (Å²) in [5, 5.41) is 7.70. The lowest BCUT2D eigenvalue weighted by Gasteiger charge is -2.35. The molecule has 2 aliphatic rings. The fourth-order valence-electron chi connectivity index (χ4n) is 4.55. The number of hydrogen-bond donors (Lipinski definition) is 2. The third-order valence-corrected chi connectivity index (χ3v) is 6.09.